The molecule has 0 atom stereocenters. The van der Waals surface area contributed by atoms with Crippen LogP contribution in [0.25, 0.3) is 0 Å². The van der Waals surface area contributed by atoms with E-state index in [1.807, 2.05) is 42.8 Å². The normalized spacial score (nSPS) is 10.7. The second kappa shape index (κ2) is 6.31. The number of ether oxygens (including phenoxy) is 1. The maximum atomic E-state index is 6.23. The molecule has 0 aliphatic heterocycles. The Kier molecular flexibility index (Phi) is 4.72. The Balaban J connectivity index is 2.09. The van der Waals surface area contributed by atoms with Gasteiger partial charge in [0.15, 0.2) is 0 Å². The molecule has 0 fully saturated rings. The molecular weight excluding hydrogens is 283 g/mol. The van der Waals surface area contributed by atoms with Crippen LogP contribution >= 0.6 is 23.2 Å². The van der Waals surface area contributed by atoms with Gasteiger partial charge in [-0.3, -0.25) is 4.68 Å². The van der Waals surface area contributed by atoms with E-state index in [0.29, 0.717) is 17.5 Å². The van der Waals surface area contributed by atoms with Crippen molar-refractivity contribution in [3.05, 3.63) is 46.2 Å². The van der Waals surface area contributed by atoms with E-state index in [2.05, 4.69) is 5.10 Å². The van der Waals surface area contributed by atoms with Crippen LogP contribution in [0.4, 0.5) is 0 Å². The van der Waals surface area contributed by atoms with Gasteiger partial charge in [0.25, 0.3) is 0 Å². The topological polar surface area (TPSA) is 27.1 Å². The molecule has 2 rings (SSSR count). The highest BCUT2D eigenvalue weighted by Crippen LogP contribution is 2.22. The van der Waals surface area contributed by atoms with Gasteiger partial charge in [-0.05, 0) is 31.5 Å². The van der Waals surface area contributed by atoms with Crippen LogP contribution in [0.3, 0.4) is 0 Å². The number of nitrogens with zero attached hydrogens (tertiary/aromatic N) is 2. The predicted octanol–water partition coefficient (Wildman–Crippen LogP) is 4.18. The summed E-state index contributed by atoms with van der Waals surface area (Å²) in [5.41, 5.74) is 2.81. The van der Waals surface area contributed by atoms with E-state index in [1.54, 1.807) is 0 Å². The number of aryl methyl sites for hydroxylation is 2. The van der Waals surface area contributed by atoms with E-state index < -0.39 is 0 Å². The lowest BCUT2D eigenvalue weighted by atomic mass is 10.2. The van der Waals surface area contributed by atoms with Gasteiger partial charge in [-0.25, -0.2) is 0 Å². The monoisotopic (exact) mass is 298 g/mol. The molecule has 102 valence electrons. The van der Waals surface area contributed by atoms with Gasteiger partial charge >= 0.3 is 0 Å². The van der Waals surface area contributed by atoms with Crippen molar-refractivity contribution < 1.29 is 4.74 Å². The third kappa shape index (κ3) is 3.23. The van der Waals surface area contributed by atoms with Crippen molar-refractivity contribution in [1.82, 2.24) is 9.78 Å². The van der Waals surface area contributed by atoms with Crippen molar-refractivity contribution >= 4 is 23.2 Å². The zero-order chi connectivity index (χ0) is 13.8. The summed E-state index contributed by atoms with van der Waals surface area (Å²) in [6.07, 6.45) is 0. The lowest BCUT2D eigenvalue weighted by Crippen LogP contribution is -2.06. The Morgan fingerprint density at radius 3 is 2.53 bits per heavy atom. The summed E-state index contributed by atoms with van der Waals surface area (Å²) in [4.78, 5) is 0. The number of halogens is 2. The SMILES string of the molecule is CCn1nc(C)c(Cl)c1COc1ccc(CCl)cc1. The van der Waals surface area contributed by atoms with Crippen molar-refractivity contribution in [2.24, 2.45) is 0 Å². The first-order valence-electron chi connectivity index (χ1n) is 6.15. The summed E-state index contributed by atoms with van der Waals surface area (Å²) in [5, 5.41) is 5.04. The number of alkyl halides is 1. The third-order valence-electron chi connectivity index (χ3n) is 2.91. The number of benzene rings is 1. The molecule has 2 aromatic rings. The maximum absolute atomic E-state index is 6.23. The molecule has 0 unspecified atom stereocenters. The minimum Gasteiger partial charge on any atom is -0.487 e. The Morgan fingerprint density at radius 2 is 1.95 bits per heavy atom. The van der Waals surface area contributed by atoms with E-state index >= 15 is 0 Å². The van der Waals surface area contributed by atoms with Gasteiger partial charge in [-0.15, -0.1) is 11.6 Å². The molecule has 1 heterocycles. The molecule has 0 aliphatic rings. The largest absolute Gasteiger partial charge is 0.487 e. The van der Waals surface area contributed by atoms with Crippen molar-refractivity contribution in [2.75, 3.05) is 0 Å². The Morgan fingerprint density at radius 1 is 1.26 bits per heavy atom. The fraction of sp³-hybridized carbons (Fsp3) is 0.357. The average molecular weight is 299 g/mol. The van der Waals surface area contributed by atoms with Gasteiger partial charge in [-0.1, -0.05) is 23.7 Å². The lowest BCUT2D eigenvalue weighted by Gasteiger charge is -2.08. The molecule has 0 spiro atoms. The Bertz CT molecular complexity index is 549. The minimum atomic E-state index is 0.410. The Hall–Kier alpha value is -1.19. The molecule has 0 radical (unpaired) electrons. The van der Waals surface area contributed by atoms with Crippen LogP contribution < -0.4 is 4.74 Å². The molecule has 0 amide bonds. The molecule has 3 nitrogen and oxygen atoms in total. The third-order valence-corrected chi connectivity index (χ3v) is 3.71. The van der Waals surface area contributed by atoms with Gasteiger partial charge in [-0.2, -0.15) is 5.10 Å². The highest BCUT2D eigenvalue weighted by Gasteiger charge is 2.12. The summed E-state index contributed by atoms with van der Waals surface area (Å²) in [7, 11) is 0. The molecule has 0 bridgehead atoms. The van der Waals surface area contributed by atoms with Crippen LogP contribution in [-0.4, -0.2) is 9.78 Å². The zero-order valence-electron chi connectivity index (χ0n) is 11.0. The predicted molar refractivity (Wildman–Crippen MR) is 78.0 cm³/mol. The first-order valence-corrected chi connectivity index (χ1v) is 7.06. The lowest BCUT2D eigenvalue weighted by molar-refractivity contribution is 0.292. The first kappa shape index (κ1) is 14.2. The maximum Gasteiger partial charge on any atom is 0.131 e. The summed E-state index contributed by atoms with van der Waals surface area (Å²) in [6, 6.07) is 7.72. The molecule has 5 heteroatoms. The summed E-state index contributed by atoms with van der Waals surface area (Å²) < 4.78 is 7.61. The van der Waals surface area contributed by atoms with Crippen LogP contribution in [-0.2, 0) is 19.0 Å². The van der Waals surface area contributed by atoms with Crippen LogP contribution in [0.1, 0.15) is 23.9 Å². The van der Waals surface area contributed by atoms with Gasteiger partial charge in [0, 0.05) is 12.4 Å². The van der Waals surface area contributed by atoms with E-state index in [0.717, 1.165) is 29.2 Å². The van der Waals surface area contributed by atoms with E-state index in [-0.39, 0.29) is 0 Å². The molecule has 0 N–H and O–H groups in total. The standard InChI is InChI=1S/C14H16Cl2N2O/c1-3-18-13(14(16)10(2)17-18)9-19-12-6-4-11(8-15)5-7-12/h4-7H,3,8-9H2,1-2H3. The number of rotatable bonds is 5. The van der Waals surface area contributed by atoms with Crippen molar-refractivity contribution in [1.29, 1.82) is 0 Å². The zero-order valence-corrected chi connectivity index (χ0v) is 12.5. The van der Waals surface area contributed by atoms with Crippen LogP contribution in [0.5, 0.6) is 5.75 Å². The number of hydrogen-bond acceptors (Lipinski definition) is 2. The average Bonchev–Trinajstić information content (AvgIpc) is 2.72. The quantitative estimate of drug-likeness (QED) is 0.774. The first-order chi connectivity index (χ1) is 9.15. The second-order valence-electron chi connectivity index (χ2n) is 4.23. The molecule has 1 aromatic heterocycles. The van der Waals surface area contributed by atoms with Crippen LogP contribution in [0, 0.1) is 6.92 Å². The molecule has 0 saturated carbocycles. The number of aromatic nitrogens is 2. The van der Waals surface area contributed by atoms with E-state index in [1.165, 1.54) is 0 Å². The van der Waals surface area contributed by atoms with Gasteiger partial charge in [0.2, 0.25) is 0 Å². The van der Waals surface area contributed by atoms with Crippen molar-refractivity contribution in [2.45, 2.75) is 32.9 Å². The van der Waals surface area contributed by atoms with Crippen LogP contribution in [0.2, 0.25) is 5.02 Å². The fourth-order valence-electron chi connectivity index (χ4n) is 1.83. The van der Waals surface area contributed by atoms with E-state index in [9.17, 15) is 0 Å². The van der Waals surface area contributed by atoms with Gasteiger partial charge in [0.05, 0.1) is 16.4 Å². The van der Waals surface area contributed by atoms with Crippen LogP contribution in [0.15, 0.2) is 24.3 Å². The van der Waals surface area contributed by atoms with Gasteiger partial charge in [0.1, 0.15) is 12.4 Å². The molecular formula is C14H16Cl2N2O. The second-order valence-corrected chi connectivity index (χ2v) is 4.87. The number of hydrogen-bond donors (Lipinski definition) is 0. The Labute approximate surface area is 123 Å². The van der Waals surface area contributed by atoms with Gasteiger partial charge < -0.3 is 4.74 Å². The highest BCUT2D eigenvalue weighted by molar-refractivity contribution is 6.31. The molecule has 0 saturated heterocycles. The highest BCUT2D eigenvalue weighted by atomic mass is 35.5. The fourth-order valence-corrected chi connectivity index (χ4v) is 2.20. The van der Waals surface area contributed by atoms with E-state index in [4.69, 9.17) is 27.9 Å². The molecule has 19 heavy (non-hydrogen) atoms. The summed E-state index contributed by atoms with van der Waals surface area (Å²) >= 11 is 12.0. The van der Waals surface area contributed by atoms with Crippen molar-refractivity contribution in [3.63, 3.8) is 0 Å². The minimum absolute atomic E-state index is 0.410. The summed E-state index contributed by atoms with van der Waals surface area (Å²) in [6.45, 7) is 5.11. The molecule has 1 aromatic carbocycles. The summed E-state index contributed by atoms with van der Waals surface area (Å²) in [5.74, 6) is 1.31. The smallest absolute Gasteiger partial charge is 0.131 e. The van der Waals surface area contributed by atoms with Crippen molar-refractivity contribution in [3.8, 4) is 5.75 Å². The molecule has 0 aliphatic carbocycles.